The van der Waals surface area contributed by atoms with Crippen molar-refractivity contribution in [3.8, 4) is 5.95 Å². The van der Waals surface area contributed by atoms with E-state index in [4.69, 9.17) is 5.10 Å². The summed E-state index contributed by atoms with van der Waals surface area (Å²) in [5.41, 5.74) is 7.37. The van der Waals surface area contributed by atoms with E-state index >= 15 is 0 Å². The smallest absolute Gasteiger partial charge is 0.251 e. The molecule has 0 bridgehead atoms. The summed E-state index contributed by atoms with van der Waals surface area (Å²) >= 11 is 0. The fourth-order valence-corrected chi connectivity index (χ4v) is 5.17. The Morgan fingerprint density at radius 2 is 1.78 bits per heavy atom. The molecule has 2 aliphatic carbocycles. The van der Waals surface area contributed by atoms with Gasteiger partial charge in [-0.2, -0.15) is 5.10 Å². The second kappa shape index (κ2) is 8.15. The maximum absolute atomic E-state index is 13.7. The number of carbonyl (C=O) groups is 1. The molecule has 1 unspecified atom stereocenters. The molecule has 5 rings (SSSR count). The van der Waals surface area contributed by atoms with Crippen LogP contribution in [-0.2, 0) is 17.6 Å². The number of rotatable bonds is 5. The number of aryl methyl sites for hydroxylation is 4. The first-order valence-corrected chi connectivity index (χ1v) is 11.7. The topological polar surface area (TPSA) is 63.9 Å². The zero-order valence-electron chi connectivity index (χ0n) is 19.4. The molecule has 1 saturated carbocycles. The average molecular weight is 430 g/mol. The Bertz CT molecular complexity index is 1160. The van der Waals surface area contributed by atoms with Gasteiger partial charge < -0.3 is 4.90 Å². The summed E-state index contributed by atoms with van der Waals surface area (Å²) in [4.78, 5) is 25.0. The largest absolute Gasteiger partial charge is 0.332 e. The second-order valence-corrected chi connectivity index (χ2v) is 9.33. The van der Waals surface area contributed by atoms with Gasteiger partial charge in [0.25, 0.3) is 5.95 Å². The van der Waals surface area contributed by atoms with Crippen LogP contribution in [0.2, 0.25) is 0 Å². The highest BCUT2D eigenvalue weighted by molar-refractivity contribution is 5.80. The zero-order chi connectivity index (χ0) is 22.4. The molecule has 166 valence electrons. The van der Waals surface area contributed by atoms with Crippen LogP contribution in [0.3, 0.4) is 0 Å². The number of benzene rings is 1. The van der Waals surface area contributed by atoms with E-state index in [2.05, 4.69) is 39.1 Å². The number of hydrogen-bond acceptors (Lipinski definition) is 4. The summed E-state index contributed by atoms with van der Waals surface area (Å²) in [5.74, 6) is 0.781. The number of amides is 1. The van der Waals surface area contributed by atoms with E-state index in [1.807, 2.05) is 33.8 Å². The maximum Gasteiger partial charge on any atom is 0.251 e. The van der Waals surface area contributed by atoms with Gasteiger partial charge in [-0.15, -0.1) is 0 Å². The third-order valence-corrected chi connectivity index (χ3v) is 6.83. The minimum atomic E-state index is 0.193. The summed E-state index contributed by atoms with van der Waals surface area (Å²) in [6.07, 6.45) is 5.89. The van der Waals surface area contributed by atoms with Crippen molar-refractivity contribution in [1.29, 1.82) is 0 Å². The molecule has 2 heterocycles. The number of nitrogens with zero attached hydrogens (tertiary/aromatic N) is 5. The number of carbonyl (C=O) groups excluding carboxylic acids is 1. The maximum atomic E-state index is 13.7. The first-order chi connectivity index (χ1) is 15.4. The van der Waals surface area contributed by atoms with Gasteiger partial charge in [0.2, 0.25) is 5.91 Å². The van der Waals surface area contributed by atoms with Crippen LogP contribution < -0.4 is 0 Å². The highest BCUT2D eigenvalue weighted by Crippen LogP contribution is 2.41. The quantitative estimate of drug-likeness (QED) is 0.599. The van der Waals surface area contributed by atoms with Crippen molar-refractivity contribution in [3.05, 3.63) is 69.8 Å². The molecule has 0 radical (unpaired) electrons. The second-order valence-electron chi connectivity index (χ2n) is 9.33. The van der Waals surface area contributed by atoms with Gasteiger partial charge >= 0.3 is 0 Å². The molecule has 1 aromatic carbocycles. The highest BCUT2D eigenvalue weighted by Gasteiger charge is 2.39. The van der Waals surface area contributed by atoms with Gasteiger partial charge in [-0.25, -0.2) is 14.6 Å². The normalized spacial score (nSPS) is 17.8. The van der Waals surface area contributed by atoms with E-state index in [0.29, 0.717) is 18.4 Å². The van der Waals surface area contributed by atoms with Crippen molar-refractivity contribution < 1.29 is 4.79 Å². The van der Waals surface area contributed by atoms with Crippen LogP contribution in [0.1, 0.15) is 71.2 Å². The van der Waals surface area contributed by atoms with Crippen LogP contribution in [0.25, 0.3) is 5.95 Å². The fourth-order valence-electron chi connectivity index (χ4n) is 5.17. The summed E-state index contributed by atoms with van der Waals surface area (Å²) in [6, 6.07) is 11.2. The third-order valence-electron chi connectivity index (χ3n) is 6.83. The highest BCUT2D eigenvalue weighted by atomic mass is 16.2. The predicted octanol–water partition coefficient (Wildman–Crippen LogP) is 4.51. The Labute approximate surface area is 189 Å². The molecule has 2 aromatic heterocycles. The lowest BCUT2D eigenvalue weighted by molar-refractivity contribution is -0.134. The molecule has 1 amide bonds. The third kappa shape index (κ3) is 3.83. The summed E-state index contributed by atoms with van der Waals surface area (Å²) in [6.45, 7) is 7.92. The van der Waals surface area contributed by atoms with Crippen molar-refractivity contribution in [2.24, 2.45) is 0 Å². The van der Waals surface area contributed by atoms with Gasteiger partial charge in [-0.05, 0) is 77.0 Å². The molecule has 32 heavy (non-hydrogen) atoms. The molecule has 0 aliphatic heterocycles. The first kappa shape index (κ1) is 20.9. The van der Waals surface area contributed by atoms with Crippen LogP contribution in [-0.4, -0.2) is 36.6 Å². The SMILES string of the molecule is Cc1cc(C)nc(-n2nc(C)c(CC(=O)N(C3CC3)C3CCCc4ccccc43)c2C)n1. The summed E-state index contributed by atoms with van der Waals surface area (Å²) < 4.78 is 1.79. The van der Waals surface area contributed by atoms with Crippen LogP contribution in [0.15, 0.2) is 30.3 Å². The Balaban J connectivity index is 1.45. The first-order valence-electron chi connectivity index (χ1n) is 11.7. The molecule has 0 saturated heterocycles. The Morgan fingerprint density at radius 1 is 1.06 bits per heavy atom. The lowest BCUT2D eigenvalue weighted by Crippen LogP contribution is -2.39. The standard InChI is InChI=1S/C26H31N5O/c1-16-14-17(2)28-26(27-16)31-19(4)23(18(3)29-31)15-25(32)30(21-12-13-21)24-11-7-9-20-8-5-6-10-22(20)24/h5-6,8,10,14,21,24H,7,9,11-13,15H2,1-4H3. The average Bonchev–Trinajstić information content (AvgIpc) is 3.55. The van der Waals surface area contributed by atoms with Gasteiger partial charge in [0.15, 0.2) is 0 Å². The predicted molar refractivity (Wildman–Crippen MR) is 124 cm³/mol. The van der Waals surface area contributed by atoms with Crippen molar-refractivity contribution in [3.63, 3.8) is 0 Å². The van der Waals surface area contributed by atoms with E-state index < -0.39 is 0 Å². The molecule has 6 heteroatoms. The van der Waals surface area contributed by atoms with Gasteiger partial charge in [-0.3, -0.25) is 4.79 Å². The molecule has 2 aliphatic rings. The van der Waals surface area contributed by atoms with E-state index in [9.17, 15) is 4.79 Å². The van der Waals surface area contributed by atoms with E-state index in [0.717, 1.165) is 60.4 Å². The van der Waals surface area contributed by atoms with Crippen LogP contribution in [0.4, 0.5) is 0 Å². The number of fused-ring (bicyclic) bond motifs is 1. The number of hydrogen-bond donors (Lipinski definition) is 0. The van der Waals surface area contributed by atoms with Crippen LogP contribution >= 0.6 is 0 Å². The molecule has 1 fully saturated rings. The molecule has 0 spiro atoms. The van der Waals surface area contributed by atoms with Crippen LogP contribution in [0, 0.1) is 27.7 Å². The molecular formula is C26H31N5O. The van der Waals surface area contributed by atoms with Gasteiger partial charge in [0.05, 0.1) is 18.2 Å². The van der Waals surface area contributed by atoms with Gasteiger partial charge in [-0.1, -0.05) is 24.3 Å². The van der Waals surface area contributed by atoms with Crippen molar-refractivity contribution in [2.45, 2.75) is 78.3 Å². The Morgan fingerprint density at radius 3 is 2.50 bits per heavy atom. The fraction of sp³-hybridized carbons (Fsp3) is 0.462. The molecular weight excluding hydrogens is 398 g/mol. The monoisotopic (exact) mass is 429 g/mol. The molecule has 3 aromatic rings. The van der Waals surface area contributed by atoms with E-state index in [-0.39, 0.29) is 11.9 Å². The van der Waals surface area contributed by atoms with Crippen molar-refractivity contribution in [2.75, 3.05) is 0 Å². The summed E-state index contributed by atoms with van der Waals surface area (Å²) in [5, 5.41) is 4.70. The summed E-state index contributed by atoms with van der Waals surface area (Å²) in [7, 11) is 0. The Kier molecular flexibility index (Phi) is 5.31. The van der Waals surface area contributed by atoms with Gasteiger partial charge in [0.1, 0.15) is 0 Å². The number of aromatic nitrogens is 4. The molecule has 0 N–H and O–H groups in total. The lowest BCUT2D eigenvalue weighted by Gasteiger charge is -2.36. The zero-order valence-corrected chi connectivity index (χ0v) is 19.4. The molecule has 6 nitrogen and oxygen atoms in total. The minimum Gasteiger partial charge on any atom is -0.332 e. The van der Waals surface area contributed by atoms with Crippen molar-refractivity contribution >= 4 is 5.91 Å². The Hall–Kier alpha value is -3.02. The minimum absolute atomic E-state index is 0.193. The van der Waals surface area contributed by atoms with Crippen molar-refractivity contribution in [1.82, 2.24) is 24.6 Å². The molecule has 1 atom stereocenters. The van der Waals surface area contributed by atoms with Crippen LogP contribution in [0.5, 0.6) is 0 Å². The van der Waals surface area contributed by atoms with E-state index in [1.165, 1.54) is 11.1 Å². The van der Waals surface area contributed by atoms with E-state index in [1.54, 1.807) is 4.68 Å². The lowest BCUT2D eigenvalue weighted by atomic mass is 9.86. The van der Waals surface area contributed by atoms with Gasteiger partial charge in [0, 0.05) is 28.7 Å².